The minimum absolute atomic E-state index is 0.144. The molecule has 1 amide bonds. The highest BCUT2D eigenvalue weighted by atomic mass is 19.1. The molecule has 8 heteroatoms. The van der Waals surface area contributed by atoms with Crippen LogP contribution < -0.4 is 14.8 Å². The number of nitro groups is 1. The summed E-state index contributed by atoms with van der Waals surface area (Å²) >= 11 is 0. The van der Waals surface area contributed by atoms with Crippen LogP contribution in [0, 0.1) is 15.9 Å². The number of carbonyl (C=O) groups is 1. The van der Waals surface area contributed by atoms with E-state index in [9.17, 15) is 19.3 Å². The molecule has 0 heterocycles. The molecule has 0 radical (unpaired) electrons. The van der Waals surface area contributed by atoms with Crippen LogP contribution in [-0.4, -0.2) is 17.9 Å². The molecule has 0 fully saturated rings. The molecule has 3 aromatic rings. The number of ether oxygens (including phenoxy) is 2. The van der Waals surface area contributed by atoms with Crippen LogP contribution in [0.3, 0.4) is 0 Å². The Kier molecular flexibility index (Phi) is 6.03. The molecule has 0 aliphatic carbocycles. The summed E-state index contributed by atoms with van der Waals surface area (Å²) in [6.45, 7) is 0.144. The number of non-ortho nitro benzene ring substituents is 1. The lowest BCUT2D eigenvalue weighted by molar-refractivity contribution is -0.384. The summed E-state index contributed by atoms with van der Waals surface area (Å²) in [7, 11) is 1.40. The van der Waals surface area contributed by atoms with E-state index in [1.807, 2.05) is 0 Å². The van der Waals surface area contributed by atoms with E-state index in [1.54, 1.807) is 36.4 Å². The molecule has 29 heavy (non-hydrogen) atoms. The molecule has 0 unspecified atom stereocenters. The fraction of sp³-hybridized carbons (Fsp3) is 0.0952. The van der Waals surface area contributed by atoms with Crippen molar-refractivity contribution in [2.75, 3.05) is 12.4 Å². The van der Waals surface area contributed by atoms with E-state index < -0.39 is 10.8 Å². The van der Waals surface area contributed by atoms with Gasteiger partial charge in [0.15, 0.2) is 0 Å². The molecule has 0 aliphatic rings. The van der Waals surface area contributed by atoms with Gasteiger partial charge in [0.05, 0.1) is 23.3 Å². The quantitative estimate of drug-likeness (QED) is 0.466. The molecule has 7 nitrogen and oxygen atoms in total. The van der Waals surface area contributed by atoms with Gasteiger partial charge in [-0.25, -0.2) is 4.39 Å². The molecule has 0 atom stereocenters. The van der Waals surface area contributed by atoms with Crippen molar-refractivity contribution in [1.29, 1.82) is 0 Å². The normalized spacial score (nSPS) is 10.3. The number of anilines is 1. The van der Waals surface area contributed by atoms with Crippen LogP contribution in [0.2, 0.25) is 0 Å². The number of nitrogens with one attached hydrogen (secondary N) is 1. The Morgan fingerprint density at radius 1 is 1.07 bits per heavy atom. The number of methoxy groups -OCH3 is 1. The average molecular weight is 396 g/mol. The predicted octanol–water partition coefficient (Wildman–Crippen LogP) is 4.57. The fourth-order valence-corrected chi connectivity index (χ4v) is 2.62. The standard InChI is InChI=1S/C21H17FN2O5/c1-28-20-11-10-16(24(26)27)12-18(20)23-21(25)17-4-2-3-5-19(17)29-13-14-6-8-15(22)9-7-14/h2-12H,13H2,1H3,(H,23,25). The Morgan fingerprint density at radius 3 is 2.48 bits per heavy atom. The van der Waals surface area contributed by atoms with Gasteiger partial charge in [0.1, 0.15) is 23.9 Å². The first-order valence-corrected chi connectivity index (χ1v) is 8.58. The van der Waals surface area contributed by atoms with Crippen LogP contribution in [0.1, 0.15) is 15.9 Å². The first-order chi connectivity index (χ1) is 14.0. The number of halogens is 1. The Hall–Kier alpha value is -3.94. The smallest absolute Gasteiger partial charge is 0.271 e. The van der Waals surface area contributed by atoms with E-state index in [4.69, 9.17) is 9.47 Å². The third kappa shape index (κ3) is 4.86. The monoisotopic (exact) mass is 396 g/mol. The number of hydrogen-bond donors (Lipinski definition) is 1. The molecule has 0 saturated carbocycles. The zero-order valence-electron chi connectivity index (χ0n) is 15.4. The van der Waals surface area contributed by atoms with Gasteiger partial charge in [-0.3, -0.25) is 14.9 Å². The van der Waals surface area contributed by atoms with Gasteiger partial charge in [0, 0.05) is 12.1 Å². The lowest BCUT2D eigenvalue weighted by atomic mass is 10.1. The highest BCUT2D eigenvalue weighted by Gasteiger charge is 2.17. The number of nitro benzene ring substituents is 1. The van der Waals surface area contributed by atoms with Gasteiger partial charge in [-0.1, -0.05) is 24.3 Å². The number of para-hydroxylation sites is 1. The van der Waals surface area contributed by atoms with Gasteiger partial charge in [0.2, 0.25) is 0 Å². The van der Waals surface area contributed by atoms with Crippen LogP contribution in [0.5, 0.6) is 11.5 Å². The maximum Gasteiger partial charge on any atom is 0.271 e. The van der Waals surface area contributed by atoms with Crippen LogP contribution in [0.15, 0.2) is 66.7 Å². The second-order valence-electron chi connectivity index (χ2n) is 6.01. The third-order valence-corrected chi connectivity index (χ3v) is 4.08. The zero-order valence-corrected chi connectivity index (χ0v) is 15.4. The van der Waals surface area contributed by atoms with Crippen molar-refractivity contribution in [3.05, 3.63) is 93.8 Å². The van der Waals surface area contributed by atoms with Gasteiger partial charge >= 0.3 is 0 Å². The highest BCUT2D eigenvalue weighted by Crippen LogP contribution is 2.30. The lowest BCUT2D eigenvalue weighted by Crippen LogP contribution is -2.14. The molecule has 3 rings (SSSR count). The van der Waals surface area contributed by atoms with Crippen molar-refractivity contribution in [3.8, 4) is 11.5 Å². The molecule has 0 saturated heterocycles. The van der Waals surface area contributed by atoms with Crippen molar-refractivity contribution in [2.45, 2.75) is 6.61 Å². The van der Waals surface area contributed by atoms with Crippen molar-refractivity contribution in [2.24, 2.45) is 0 Å². The second kappa shape index (κ2) is 8.83. The Morgan fingerprint density at radius 2 is 1.79 bits per heavy atom. The minimum atomic E-state index is -0.561. The fourth-order valence-electron chi connectivity index (χ4n) is 2.62. The van der Waals surface area contributed by atoms with Crippen LogP contribution in [0.25, 0.3) is 0 Å². The maximum atomic E-state index is 13.0. The maximum absolute atomic E-state index is 13.0. The van der Waals surface area contributed by atoms with E-state index in [0.717, 1.165) is 5.56 Å². The molecule has 0 aromatic heterocycles. The first kappa shape index (κ1) is 19.8. The molecule has 3 aromatic carbocycles. The van der Waals surface area contributed by atoms with Crippen LogP contribution >= 0.6 is 0 Å². The number of carbonyl (C=O) groups excluding carboxylic acids is 1. The first-order valence-electron chi connectivity index (χ1n) is 8.58. The molecule has 0 aliphatic heterocycles. The Bertz CT molecular complexity index is 1040. The summed E-state index contributed by atoms with van der Waals surface area (Å²) < 4.78 is 23.9. The number of nitrogens with zero attached hydrogens (tertiary/aromatic N) is 1. The van der Waals surface area contributed by atoms with E-state index in [1.165, 1.54) is 37.4 Å². The number of amides is 1. The molecule has 1 N–H and O–H groups in total. The van der Waals surface area contributed by atoms with Crippen molar-refractivity contribution in [1.82, 2.24) is 0 Å². The zero-order chi connectivity index (χ0) is 20.8. The second-order valence-corrected chi connectivity index (χ2v) is 6.01. The predicted molar refractivity (Wildman–Crippen MR) is 105 cm³/mol. The van der Waals surface area contributed by atoms with Crippen molar-refractivity contribution >= 4 is 17.3 Å². The summed E-state index contributed by atoms with van der Waals surface area (Å²) in [5.41, 5.74) is 0.965. The van der Waals surface area contributed by atoms with E-state index in [2.05, 4.69) is 5.32 Å². The van der Waals surface area contributed by atoms with Crippen molar-refractivity contribution in [3.63, 3.8) is 0 Å². The summed E-state index contributed by atoms with van der Waals surface area (Å²) in [6, 6.07) is 16.3. The third-order valence-electron chi connectivity index (χ3n) is 4.08. The molecular weight excluding hydrogens is 379 g/mol. The van der Waals surface area contributed by atoms with Crippen LogP contribution in [-0.2, 0) is 6.61 Å². The van der Waals surface area contributed by atoms with Crippen LogP contribution in [0.4, 0.5) is 15.8 Å². The average Bonchev–Trinajstić information content (AvgIpc) is 2.73. The highest BCUT2D eigenvalue weighted by molar-refractivity contribution is 6.07. The summed E-state index contributed by atoms with van der Waals surface area (Å²) in [5.74, 6) is -0.259. The Labute approximate surface area is 165 Å². The largest absolute Gasteiger partial charge is 0.495 e. The molecule has 148 valence electrons. The lowest BCUT2D eigenvalue weighted by Gasteiger charge is -2.13. The van der Waals surface area contributed by atoms with Gasteiger partial charge in [-0.05, 0) is 35.9 Å². The minimum Gasteiger partial charge on any atom is -0.495 e. The molecule has 0 spiro atoms. The van der Waals surface area contributed by atoms with Crippen molar-refractivity contribution < 1.29 is 23.6 Å². The number of hydrogen-bond acceptors (Lipinski definition) is 5. The summed E-state index contributed by atoms with van der Waals surface area (Å²) in [6.07, 6.45) is 0. The van der Waals surface area contributed by atoms with E-state index in [0.29, 0.717) is 5.75 Å². The SMILES string of the molecule is COc1ccc([N+](=O)[O-])cc1NC(=O)c1ccccc1OCc1ccc(F)cc1. The van der Waals surface area contributed by atoms with Gasteiger partial charge < -0.3 is 14.8 Å². The van der Waals surface area contributed by atoms with Gasteiger partial charge in [0.25, 0.3) is 11.6 Å². The molecule has 0 bridgehead atoms. The number of benzene rings is 3. The number of rotatable bonds is 7. The Balaban J connectivity index is 1.80. The molecular formula is C21H17FN2O5. The summed E-state index contributed by atoms with van der Waals surface area (Å²) in [5, 5.41) is 13.6. The van der Waals surface area contributed by atoms with E-state index in [-0.39, 0.29) is 35.1 Å². The summed E-state index contributed by atoms with van der Waals surface area (Å²) in [4.78, 5) is 23.2. The van der Waals surface area contributed by atoms with E-state index >= 15 is 0 Å². The van der Waals surface area contributed by atoms with Gasteiger partial charge in [-0.15, -0.1) is 0 Å². The topological polar surface area (TPSA) is 90.7 Å². The van der Waals surface area contributed by atoms with Gasteiger partial charge in [-0.2, -0.15) is 0 Å².